The van der Waals surface area contributed by atoms with Crippen molar-refractivity contribution in [2.24, 2.45) is 5.92 Å². The van der Waals surface area contributed by atoms with Gasteiger partial charge in [-0.25, -0.2) is 4.39 Å². The molecule has 36 heavy (non-hydrogen) atoms. The Morgan fingerprint density at radius 3 is 2.47 bits per heavy atom. The van der Waals surface area contributed by atoms with Gasteiger partial charge in [-0.15, -0.1) is 0 Å². The SMILES string of the molecule is Cc1cc(OCCC(C)(C)O)cc(C)c1-c1ccc(F)c(CNc2ccc([C@H]3C[C@@H]3C(=O)O)nc2)c1. The average molecular weight is 493 g/mol. The standard InChI is InChI=1S/C29H33FN2O4/c1-17-11-22(36-10-9-29(3,4)35)12-18(2)27(17)19-5-7-25(30)20(13-19)15-31-21-6-8-26(32-16-21)23-14-24(23)28(33)34/h5-8,11-13,16,23-24,31,35H,9-10,14-15H2,1-4H3,(H,33,34)/t23-,24-/m0/s1. The topological polar surface area (TPSA) is 91.7 Å². The number of nitrogens with one attached hydrogen (secondary N) is 1. The van der Waals surface area contributed by atoms with Gasteiger partial charge >= 0.3 is 5.97 Å². The van der Waals surface area contributed by atoms with Gasteiger partial charge in [0.1, 0.15) is 11.6 Å². The number of rotatable bonds is 10. The first-order valence-corrected chi connectivity index (χ1v) is 12.2. The van der Waals surface area contributed by atoms with Crippen LogP contribution in [0.25, 0.3) is 11.1 Å². The highest BCUT2D eigenvalue weighted by atomic mass is 19.1. The molecule has 0 amide bonds. The lowest BCUT2D eigenvalue weighted by Gasteiger charge is -2.18. The first-order valence-electron chi connectivity index (χ1n) is 12.2. The second kappa shape index (κ2) is 10.3. The van der Waals surface area contributed by atoms with Crippen LogP contribution in [-0.2, 0) is 11.3 Å². The molecular formula is C29H33FN2O4. The molecule has 0 bridgehead atoms. The summed E-state index contributed by atoms with van der Waals surface area (Å²) in [6.07, 6.45) is 2.82. The maximum Gasteiger partial charge on any atom is 0.307 e. The molecule has 0 radical (unpaired) electrons. The molecule has 1 saturated carbocycles. The highest BCUT2D eigenvalue weighted by molar-refractivity contribution is 5.75. The lowest BCUT2D eigenvalue weighted by atomic mass is 9.94. The molecule has 7 heteroatoms. The fourth-order valence-electron chi connectivity index (χ4n) is 4.47. The van der Waals surface area contributed by atoms with Crippen molar-refractivity contribution in [3.8, 4) is 16.9 Å². The number of aromatic nitrogens is 1. The molecule has 4 rings (SSSR count). The Morgan fingerprint density at radius 2 is 1.89 bits per heavy atom. The number of hydrogen-bond acceptors (Lipinski definition) is 5. The van der Waals surface area contributed by atoms with Crippen LogP contribution >= 0.6 is 0 Å². The van der Waals surface area contributed by atoms with Gasteiger partial charge in [0, 0.05) is 30.1 Å². The Labute approximate surface area is 211 Å². The van der Waals surface area contributed by atoms with Gasteiger partial charge in [0.15, 0.2) is 0 Å². The average Bonchev–Trinajstić information content (AvgIpc) is 3.60. The van der Waals surface area contributed by atoms with E-state index in [0.717, 1.165) is 39.4 Å². The fraction of sp³-hybridized carbons (Fsp3) is 0.379. The molecular weight excluding hydrogens is 459 g/mol. The minimum absolute atomic E-state index is 0.0181. The fourth-order valence-corrected chi connectivity index (χ4v) is 4.47. The second-order valence-electron chi connectivity index (χ2n) is 10.3. The lowest BCUT2D eigenvalue weighted by Crippen LogP contribution is -2.21. The Kier molecular flexibility index (Phi) is 7.31. The van der Waals surface area contributed by atoms with Gasteiger partial charge in [0.05, 0.1) is 30.0 Å². The highest BCUT2D eigenvalue weighted by Crippen LogP contribution is 2.46. The number of benzene rings is 2. The summed E-state index contributed by atoms with van der Waals surface area (Å²) in [6.45, 7) is 8.24. The zero-order valence-electron chi connectivity index (χ0n) is 21.1. The number of carboxylic acid groups (broad SMARTS) is 1. The van der Waals surface area contributed by atoms with Gasteiger partial charge in [-0.2, -0.15) is 0 Å². The van der Waals surface area contributed by atoms with Gasteiger partial charge in [-0.3, -0.25) is 9.78 Å². The number of pyridine rings is 1. The zero-order valence-corrected chi connectivity index (χ0v) is 21.1. The van der Waals surface area contributed by atoms with Gasteiger partial charge in [-0.1, -0.05) is 6.07 Å². The van der Waals surface area contributed by atoms with E-state index >= 15 is 0 Å². The Bertz CT molecular complexity index is 1230. The van der Waals surface area contributed by atoms with Gasteiger partial charge in [0.2, 0.25) is 0 Å². The molecule has 190 valence electrons. The highest BCUT2D eigenvalue weighted by Gasteiger charge is 2.45. The quantitative estimate of drug-likeness (QED) is 0.329. The smallest absolute Gasteiger partial charge is 0.307 e. The van der Waals surface area contributed by atoms with Gasteiger partial charge in [0.25, 0.3) is 0 Å². The number of nitrogens with zero attached hydrogens (tertiary/aromatic N) is 1. The number of carboxylic acids is 1. The molecule has 1 aliphatic carbocycles. The van der Waals surface area contributed by atoms with Gasteiger partial charge < -0.3 is 20.3 Å². The van der Waals surface area contributed by atoms with E-state index in [-0.39, 0.29) is 24.2 Å². The van der Waals surface area contributed by atoms with Crippen molar-refractivity contribution in [1.82, 2.24) is 4.98 Å². The largest absolute Gasteiger partial charge is 0.493 e. The van der Waals surface area contributed by atoms with Crippen LogP contribution in [0.5, 0.6) is 5.75 Å². The normalized spacial score (nSPS) is 17.1. The monoisotopic (exact) mass is 492 g/mol. The maximum absolute atomic E-state index is 14.6. The van der Waals surface area contributed by atoms with Crippen molar-refractivity contribution >= 4 is 11.7 Å². The molecule has 6 nitrogen and oxygen atoms in total. The Balaban J connectivity index is 1.44. The third-order valence-electron chi connectivity index (χ3n) is 6.58. The minimum Gasteiger partial charge on any atom is -0.493 e. The lowest BCUT2D eigenvalue weighted by molar-refractivity contribution is -0.138. The van der Waals surface area contributed by atoms with Crippen LogP contribution in [0.4, 0.5) is 10.1 Å². The third-order valence-corrected chi connectivity index (χ3v) is 6.58. The molecule has 1 aliphatic rings. The van der Waals surface area contributed by atoms with Crippen LogP contribution in [0.3, 0.4) is 0 Å². The van der Waals surface area contributed by atoms with E-state index in [9.17, 15) is 14.3 Å². The number of aliphatic hydroxyl groups is 1. The summed E-state index contributed by atoms with van der Waals surface area (Å²) in [5, 5.41) is 22.2. The summed E-state index contributed by atoms with van der Waals surface area (Å²) in [7, 11) is 0. The van der Waals surface area contributed by atoms with Crippen LogP contribution in [0.1, 0.15) is 55.0 Å². The van der Waals surface area contributed by atoms with Crippen LogP contribution in [0.2, 0.25) is 0 Å². The Hall–Kier alpha value is -3.45. The number of anilines is 1. The number of hydrogen-bond donors (Lipinski definition) is 3. The molecule has 2 aromatic carbocycles. The van der Waals surface area contributed by atoms with Crippen molar-refractivity contribution in [3.05, 3.63) is 76.9 Å². The summed E-state index contributed by atoms with van der Waals surface area (Å²) in [4.78, 5) is 15.5. The van der Waals surface area contributed by atoms with Crippen molar-refractivity contribution in [1.29, 1.82) is 0 Å². The number of halogens is 1. The number of ether oxygens (including phenoxy) is 1. The van der Waals surface area contributed by atoms with E-state index in [2.05, 4.69) is 10.3 Å². The Morgan fingerprint density at radius 1 is 1.17 bits per heavy atom. The van der Waals surface area contributed by atoms with Gasteiger partial charge in [-0.05, 0) is 92.8 Å². The second-order valence-corrected chi connectivity index (χ2v) is 10.3. The van der Waals surface area contributed by atoms with Crippen molar-refractivity contribution in [2.45, 2.75) is 58.6 Å². The van der Waals surface area contributed by atoms with E-state index in [0.29, 0.717) is 25.0 Å². The van der Waals surface area contributed by atoms with Crippen molar-refractivity contribution in [3.63, 3.8) is 0 Å². The van der Waals surface area contributed by atoms with Crippen LogP contribution in [0, 0.1) is 25.6 Å². The number of aliphatic carboxylic acids is 1. The summed E-state index contributed by atoms with van der Waals surface area (Å²) in [5.74, 6) is -0.680. The van der Waals surface area contributed by atoms with E-state index in [1.165, 1.54) is 6.07 Å². The summed E-state index contributed by atoms with van der Waals surface area (Å²) in [5.41, 5.74) is 5.30. The molecule has 3 aromatic rings. The van der Waals surface area contributed by atoms with E-state index < -0.39 is 11.6 Å². The molecule has 1 fully saturated rings. The van der Waals surface area contributed by atoms with E-state index in [1.807, 2.05) is 44.2 Å². The minimum atomic E-state index is -0.780. The molecule has 0 spiro atoms. The predicted octanol–water partition coefficient (Wildman–Crippen LogP) is 5.84. The maximum atomic E-state index is 14.6. The van der Waals surface area contributed by atoms with E-state index in [4.69, 9.17) is 9.84 Å². The predicted molar refractivity (Wildman–Crippen MR) is 138 cm³/mol. The number of aryl methyl sites for hydroxylation is 2. The van der Waals surface area contributed by atoms with E-state index in [1.54, 1.807) is 26.1 Å². The molecule has 1 aromatic heterocycles. The zero-order chi connectivity index (χ0) is 26.0. The molecule has 3 N–H and O–H groups in total. The van der Waals surface area contributed by atoms with Crippen LogP contribution in [0.15, 0.2) is 48.7 Å². The molecule has 0 aliphatic heterocycles. The summed E-state index contributed by atoms with van der Waals surface area (Å²) in [6, 6.07) is 12.8. The van der Waals surface area contributed by atoms with Crippen molar-refractivity contribution in [2.75, 3.05) is 11.9 Å². The molecule has 0 unspecified atom stereocenters. The van der Waals surface area contributed by atoms with Crippen molar-refractivity contribution < 1.29 is 24.1 Å². The molecule has 1 heterocycles. The molecule has 2 atom stereocenters. The summed E-state index contributed by atoms with van der Waals surface area (Å²) >= 11 is 0. The first kappa shape index (κ1) is 25.6. The van der Waals surface area contributed by atoms with Crippen LogP contribution < -0.4 is 10.1 Å². The van der Waals surface area contributed by atoms with Crippen LogP contribution in [-0.4, -0.2) is 33.4 Å². The first-order chi connectivity index (χ1) is 17.0. The summed E-state index contributed by atoms with van der Waals surface area (Å²) < 4.78 is 20.5. The molecule has 0 saturated heterocycles. The number of carbonyl (C=O) groups is 1. The third kappa shape index (κ3) is 6.21.